The molecule has 28 heavy (non-hydrogen) atoms. The first-order chi connectivity index (χ1) is 13.5. The Balaban J connectivity index is 2.62. The van der Waals surface area contributed by atoms with Crippen LogP contribution < -0.4 is 25.1 Å². The van der Waals surface area contributed by atoms with Crippen molar-refractivity contribution in [2.75, 3.05) is 20.8 Å². The van der Waals surface area contributed by atoms with Gasteiger partial charge < -0.3 is 24.1 Å². The van der Waals surface area contributed by atoms with Crippen molar-refractivity contribution in [3.63, 3.8) is 0 Å². The Kier molecular flexibility index (Phi) is 7.72. The van der Waals surface area contributed by atoms with Crippen molar-refractivity contribution >= 4 is 16.9 Å². The molecule has 1 heterocycles. The Morgan fingerprint density at radius 2 is 1.64 bits per heavy atom. The van der Waals surface area contributed by atoms with Gasteiger partial charge >= 0.3 is 6.09 Å². The van der Waals surface area contributed by atoms with E-state index in [0.717, 1.165) is 25.7 Å². The molecule has 154 valence electrons. The minimum Gasteiger partial charge on any atom is -0.493 e. The highest BCUT2D eigenvalue weighted by Gasteiger charge is 2.19. The number of hydrogen-bond donors (Lipinski definition) is 1. The van der Waals surface area contributed by atoms with Gasteiger partial charge in [-0.1, -0.05) is 27.2 Å². The van der Waals surface area contributed by atoms with E-state index in [9.17, 15) is 9.59 Å². The molecule has 0 radical (unpaired) electrons. The highest BCUT2D eigenvalue weighted by molar-refractivity contribution is 5.92. The lowest BCUT2D eigenvalue weighted by Gasteiger charge is -2.20. The van der Waals surface area contributed by atoms with E-state index in [4.69, 9.17) is 14.2 Å². The summed E-state index contributed by atoms with van der Waals surface area (Å²) in [5, 5.41) is 3.66. The number of aromatic nitrogens is 1. The van der Waals surface area contributed by atoms with Gasteiger partial charge in [-0.3, -0.25) is 4.79 Å². The van der Waals surface area contributed by atoms with Crippen LogP contribution in [0.1, 0.15) is 52.5 Å². The molecule has 0 aliphatic rings. The summed E-state index contributed by atoms with van der Waals surface area (Å²) in [7, 11) is 3.04. The number of unbranched alkanes of at least 4 members (excludes halogenated alkanes) is 1. The van der Waals surface area contributed by atoms with Crippen LogP contribution in [0.25, 0.3) is 10.8 Å². The number of hydrogen-bond acceptors (Lipinski definition) is 5. The quantitative estimate of drug-likeness (QED) is 0.647. The SMILES string of the molecule is CCCCNC(=O)Oc1cn(C(CC)CC)c(=O)c2cc(OC)c(OC)cc12. The van der Waals surface area contributed by atoms with E-state index < -0.39 is 6.09 Å². The Labute approximate surface area is 165 Å². The summed E-state index contributed by atoms with van der Waals surface area (Å²) in [5.74, 6) is 1.23. The van der Waals surface area contributed by atoms with Gasteiger partial charge in [0.2, 0.25) is 0 Å². The zero-order chi connectivity index (χ0) is 20.7. The van der Waals surface area contributed by atoms with E-state index in [0.29, 0.717) is 34.6 Å². The van der Waals surface area contributed by atoms with Gasteiger partial charge in [0, 0.05) is 18.0 Å². The van der Waals surface area contributed by atoms with Gasteiger partial charge in [-0.2, -0.15) is 0 Å². The maximum Gasteiger partial charge on any atom is 0.412 e. The molecule has 0 saturated heterocycles. The number of ether oxygens (including phenoxy) is 3. The second-order valence-electron chi connectivity index (χ2n) is 6.60. The van der Waals surface area contributed by atoms with Crippen molar-refractivity contribution in [1.29, 1.82) is 0 Å². The van der Waals surface area contributed by atoms with Gasteiger partial charge in [0.1, 0.15) is 0 Å². The molecule has 7 nitrogen and oxygen atoms in total. The first-order valence-corrected chi connectivity index (χ1v) is 9.77. The molecule has 0 aliphatic heterocycles. The summed E-state index contributed by atoms with van der Waals surface area (Å²) in [6.07, 6.45) is 4.50. The molecule has 0 saturated carbocycles. The standard InChI is InChI=1S/C21H30N2O5/c1-6-9-10-22-21(25)28-19-13-23(14(7-2)8-3)20(24)16-12-18(27-5)17(26-4)11-15(16)19/h11-14H,6-10H2,1-5H3,(H,22,25). The van der Waals surface area contributed by atoms with Crippen LogP contribution in [-0.2, 0) is 0 Å². The Morgan fingerprint density at radius 3 is 2.18 bits per heavy atom. The van der Waals surface area contributed by atoms with Crippen molar-refractivity contribution in [2.45, 2.75) is 52.5 Å². The monoisotopic (exact) mass is 390 g/mol. The fourth-order valence-corrected chi connectivity index (χ4v) is 3.19. The van der Waals surface area contributed by atoms with Crippen LogP contribution >= 0.6 is 0 Å². The third kappa shape index (κ3) is 4.58. The van der Waals surface area contributed by atoms with Crippen LogP contribution in [0.3, 0.4) is 0 Å². The zero-order valence-corrected chi connectivity index (χ0v) is 17.3. The molecule has 0 fully saturated rings. The molecule has 1 N–H and O–H groups in total. The molecule has 0 atom stereocenters. The Hall–Kier alpha value is -2.70. The van der Waals surface area contributed by atoms with E-state index in [1.807, 2.05) is 20.8 Å². The first-order valence-electron chi connectivity index (χ1n) is 9.77. The molecule has 7 heteroatoms. The summed E-state index contributed by atoms with van der Waals surface area (Å²) >= 11 is 0. The highest BCUT2D eigenvalue weighted by Crippen LogP contribution is 2.35. The molecule has 1 amide bonds. The third-order valence-corrected chi connectivity index (χ3v) is 4.85. The summed E-state index contributed by atoms with van der Waals surface area (Å²) in [6, 6.07) is 3.31. The second kappa shape index (κ2) is 10.0. The van der Waals surface area contributed by atoms with Gasteiger partial charge in [0.15, 0.2) is 17.2 Å². The largest absolute Gasteiger partial charge is 0.493 e. The van der Waals surface area contributed by atoms with E-state index in [-0.39, 0.29) is 11.6 Å². The zero-order valence-electron chi connectivity index (χ0n) is 17.3. The molecule has 0 spiro atoms. The molecule has 0 unspecified atom stereocenters. The predicted molar refractivity (Wildman–Crippen MR) is 110 cm³/mol. The summed E-state index contributed by atoms with van der Waals surface area (Å²) in [4.78, 5) is 25.4. The lowest BCUT2D eigenvalue weighted by molar-refractivity contribution is 0.200. The number of pyridine rings is 1. The number of nitrogens with zero attached hydrogens (tertiary/aromatic N) is 1. The minimum absolute atomic E-state index is 0.00972. The summed E-state index contributed by atoms with van der Waals surface area (Å²) < 4.78 is 17.9. The van der Waals surface area contributed by atoms with Gasteiger partial charge in [-0.25, -0.2) is 4.79 Å². The third-order valence-electron chi connectivity index (χ3n) is 4.85. The van der Waals surface area contributed by atoms with Crippen LogP contribution in [0.2, 0.25) is 0 Å². The number of methoxy groups -OCH3 is 2. The molecule has 1 aromatic heterocycles. The van der Waals surface area contributed by atoms with E-state index in [1.54, 1.807) is 22.9 Å². The number of benzene rings is 1. The molecule has 1 aromatic carbocycles. The first kappa shape index (κ1) is 21.6. The van der Waals surface area contributed by atoms with Crippen molar-refractivity contribution in [3.05, 3.63) is 28.7 Å². The van der Waals surface area contributed by atoms with E-state index in [1.165, 1.54) is 14.2 Å². The average molecular weight is 390 g/mol. The van der Waals surface area contributed by atoms with Crippen LogP contribution in [0, 0.1) is 0 Å². The average Bonchev–Trinajstić information content (AvgIpc) is 2.71. The number of fused-ring (bicyclic) bond motifs is 1. The van der Waals surface area contributed by atoms with Crippen molar-refractivity contribution < 1.29 is 19.0 Å². The molecule has 0 aliphatic carbocycles. The molecular formula is C21H30N2O5. The predicted octanol–water partition coefficient (Wildman–Crippen LogP) is 4.27. The molecule has 0 bridgehead atoms. The van der Waals surface area contributed by atoms with Crippen molar-refractivity contribution in [3.8, 4) is 17.2 Å². The van der Waals surface area contributed by atoms with Gasteiger partial charge in [-0.05, 0) is 31.4 Å². The van der Waals surface area contributed by atoms with E-state index >= 15 is 0 Å². The lowest BCUT2D eigenvalue weighted by Crippen LogP contribution is -2.29. The molecule has 2 rings (SSSR count). The lowest BCUT2D eigenvalue weighted by atomic mass is 10.1. The fourth-order valence-electron chi connectivity index (χ4n) is 3.19. The number of nitrogens with one attached hydrogen (secondary N) is 1. The minimum atomic E-state index is -0.542. The second-order valence-corrected chi connectivity index (χ2v) is 6.60. The van der Waals surface area contributed by atoms with Crippen LogP contribution in [0.15, 0.2) is 23.1 Å². The number of rotatable bonds is 9. The van der Waals surface area contributed by atoms with Gasteiger partial charge in [0.25, 0.3) is 5.56 Å². The van der Waals surface area contributed by atoms with Gasteiger partial charge in [0.05, 0.1) is 25.8 Å². The van der Waals surface area contributed by atoms with Crippen LogP contribution in [-0.4, -0.2) is 31.4 Å². The van der Waals surface area contributed by atoms with Crippen LogP contribution in [0.4, 0.5) is 4.79 Å². The molecule has 2 aromatic rings. The maximum atomic E-state index is 13.1. The Morgan fingerprint density at radius 1 is 1.04 bits per heavy atom. The molecular weight excluding hydrogens is 360 g/mol. The normalized spacial score (nSPS) is 10.9. The summed E-state index contributed by atoms with van der Waals surface area (Å²) in [6.45, 7) is 6.64. The van der Waals surface area contributed by atoms with Gasteiger partial charge in [-0.15, -0.1) is 0 Å². The van der Waals surface area contributed by atoms with Crippen molar-refractivity contribution in [1.82, 2.24) is 9.88 Å². The fraction of sp³-hybridized carbons (Fsp3) is 0.524. The van der Waals surface area contributed by atoms with Crippen molar-refractivity contribution in [2.24, 2.45) is 0 Å². The maximum absolute atomic E-state index is 13.1. The smallest absolute Gasteiger partial charge is 0.412 e. The Bertz CT molecular complexity index is 871. The number of carbonyl (C=O) groups excluding carboxylic acids is 1. The number of amides is 1. The van der Waals surface area contributed by atoms with E-state index in [2.05, 4.69) is 5.32 Å². The highest BCUT2D eigenvalue weighted by atomic mass is 16.6. The van der Waals surface area contributed by atoms with Crippen LogP contribution in [0.5, 0.6) is 17.2 Å². The summed E-state index contributed by atoms with van der Waals surface area (Å²) in [5.41, 5.74) is -0.150. The topological polar surface area (TPSA) is 78.8 Å². The number of carbonyl (C=O) groups is 1.